The van der Waals surface area contributed by atoms with E-state index in [2.05, 4.69) is 4.90 Å². The fourth-order valence-corrected chi connectivity index (χ4v) is 4.94. The van der Waals surface area contributed by atoms with Crippen molar-refractivity contribution in [2.45, 2.75) is 31.4 Å². The summed E-state index contributed by atoms with van der Waals surface area (Å²) in [4.78, 5) is 16.8. The van der Waals surface area contributed by atoms with Gasteiger partial charge in [0.1, 0.15) is 11.9 Å². The van der Waals surface area contributed by atoms with Gasteiger partial charge in [-0.2, -0.15) is 17.0 Å². The van der Waals surface area contributed by atoms with Gasteiger partial charge >= 0.3 is 0 Å². The average molecular weight is 425 g/mol. The highest BCUT2D eigenvalue weighted by molar-refractivity contribution is 7.86. The molecule has 0 bridgehead atoms. The molecule has 1 amide bonds. The highest BCUT2D eigenvalue weighted by Crippen LogP contribution is 2.23. The summed E-state index contributed by atoms with van der Waals surface area (Å²) in [5.41, 5.74) is 0.670. The Bertz CT molecular complexity index is 802. The Morgan fingerprint density at radius 3 is 2.14 bits per heavy atom. The van der Waals surface area contributed by atoms with Crippen molar-refractivity contribution in [3.05, 3.63) is 29.8 Å². The Hall–Kier alpha value is -1.68. The molecule has 1 atom stereocenters. The molecule has 0 spiro atoms. The van der Waals surface area contributed by atoms with Crippen LogP contribution in [0.1, 0.15) is 29.6 Å². The summed E-state index contributed by atoms with van der Waals surface area (Å²) in [6.07, 6.45) is 2.27. The van der Waals surface area contributed by atoms with Crippen LogP contribution in [0.5, 0.6) is 5.75 Å². The summed E-state index contributed by atoms with van der Waals surface area (Å²) < 4.78 is 33.1. The van der Waals surface area contributed by atoms with Crippen LogP contribution in [0.15, 0.2) is 24.3 Å². The Morgan fingerprint density at radius 1 is 1.00 bits per heavy atom. The SMILES string of the molecule is CN(C)C1CCN(C(=O)c2ccc(OC3CCN(S(=O)(=O)N(C)C)CC3)cc2)C1. The van der Waals surface area contributed by atoms with Crippen LogP contribution in [-0.4, -0.2) is 99.3 Å². The Labute approximate surface area is 174 Å². The number of amides is 1. The van der Waals surface area contributed by atoms with E-state index in [0.29, 0.717) is 43.3 Å². The van der Waals surface area contributed by atoms with Gasteiger partial charge in [-0.3, -0.25) is 4.79 Å². The van der Waals surface area contributed by atoms with Crippen LogP contribution in [-0.2, 0) is 10.2 Å². The van der Waals surface area contributed by atoms with Crippen LogP contribution in [0.2, 0.25) is 0 Å². The van der Waals surface area contributed by atoms with Gasteiger partial charge in [-0.05, 0) is 57.6 Å². The molecule has 0 radical (unpaired) electrons. The maximum Gasteiger partial charge on any atom is 0.281 e. The molecule has 162 valence electrons. The standard InChI is InChI=1S/C20H32N4O4S/c1-21(2)17-9-12-23(15-17)20(25)16-5-7-18(8-6-16)28-19-10-13-24(14-11-19)29(26,27)22(3)4/h5-8,17,19H,9-15H2,1-4H3. The molecular weight excluding hydrogens is 392 g/mol. The normalized spacial score (nSPS) is 21.9. The van der Waals surface area contributed by atoms with E-state index in [1.807, 2.05) is 43.3 Å². The van der Waals surface area contributed by atoms with Crippen LogP contribution < -0.4 is 4.74 Å². The number of likely N-dealkylation sites (tertiary alicyclic amines) is 1. The maximum absolute atomic E-state index is 12.7. The van der Waals surface area contributed by atoms with Gasteiger partial charge in [-0.15, -0.1) is 0 Å². The van der Waals surface area contributed by atoms with E-state index in [-0.39, 0.29) is 12.0 Å². The van der Waals surface area contributed by atoms with Gasteiger partial charge in [0.05, 0.1) is 0 Å². The van der Waals surface area contributed by atoms with E-state index < -0.39 is 10.2 Å². The zero-order chi connectivity index (χ0) is 21.2. The van der Waals surface area contributed by atoms with Crippen molar-refractivity contribution in [1.29, 1.82) is 0 Å². The highest BCUT2D eigenvalue weighted by Gasteiger charge is 2.31. The smallest absolute Gasteiger partial charge is 0.281 e. The first-order valence-electron chi connectivity index (χ1n) is 10.1. The lowest BCUT2D eigenvalue weighted by atomic mass is 10.1. The molecule has 2 fully saturated rings. The first-order chi connectivity index (χ1) is 13.7. The van der Waals surface area contributed by atoms with Gasteiger partial charge in [-0.1, -0.05) is 0 Å². The van der Waals surface area contributed by atoms with Crippen molar-refractivity contribution in [3.8, 4) is 5.75 Å². The number of nitrogens with zero attached hydrogens (tertiary/aromatic N) is 4. The number of likely N-dealkylation sites (N-methyl/N-ethyl adjacent to an activating group) is 1. The molecule has 1 unspecified atom stereocenters. The second kappa shape index (κ2) is 8.99. The molecular formula is C20H32N4O4S. The van der Waals surface area contributed by atoms with E-state index in [4.69, 9.17) is 4.74 Å². The minimum atomic E-state index is -3.36. The average Bonchev–Trinajstić information content (AvgIpc) is 3.19. The monoisotopic (exact) mass is 424 g/mol. The van der Waals surface area contributed by atoms with Crippen LogP contribution in [0, 0.1) is 0 Å². The fourth-order valence-electron chi connectivity index (χ4n) is 3.81. The summed E-state index contributed by atoms with van der Waals surface area (Å²) in [6, 6.07) is 7.70. The summed E-state index contributed by atoms with van der Waals surface area (Å²) >= 11 is 0. The van der Waals surface area contributed by atoms with Crippen LogP contribution in [0.3, 0.4) is 0 Å². The lowest BCUT2D eigenvalue weighted by Gasteiger charge is -2.32. The van der Waals surface area contributed by atoms with Crippen LogP contribution >= 0.6 is 0 Å². The number of hydrogen-bond donors (Lipinski definition) is 0. The molecule has 0 saturated carbocycles. The minimum Gasteiger partial charge on any atom is -0.490 e. The lowest BCUT2D eigenvalue weighted by Crippen LogP contribution is -2.46. The largest absolute Gasteiger partial charge is 0.490 e. The summed E-state index contributed by atoms with van der Waals surface area (Å²) in [6.45, 7) is 2.44. The van der Waals surface area contributed by atoms with Crippen molar-refractivity contribution in [2.24, 2.45) is 0 Å². The molecule has 0 N–H and O–H groups in total. The number of rotatable bonds is 6. The van der Waals surface area contributed by atoms with Gasteiger partial charge in [0, 0.05) is 51.9 Å². The van der Waals surface area contributed by atoms with Crippen molar-refractivity contribution in [1.82, 2.24) is 18.4 Å². The summed E-state index contributed by atoms with van der Waals surface area (Å²) in [5, 5.41) is 0. The molecule has 9 heteroatoms. The van der Waals surface area contributed by atoms with Gasteiger partial charge in [0.15, 0.2) is 0 Å². The molecule has 1 aromatic carbocycles. The number of ether oxygens (including phenoxy) is 1. The predicted octanol–water partition coefficient (Wildman–Crippen LogP) is 1.11. The van der Waals surface area contributed by atoms with Gasteiger partial charge < -0.3 is 14.5 Å². The third-order valence-electron chi connectivity index (χ3n) is 5.77. The number of hydrogen-bond acceptors (Lipinski definition) is 5. The van der Waals surface area contributed by atoms with E-state index in [9.17, 15) is 13.2 Å². The lowest BCUT2D eigenvalue weighted by molar-refractivity contribution is 0.0783. The molecule has 2 heterocycles. The summed E-state index contributed by atoms with van der Waals surface area (Å²) in [7, 11) is 3.82. The molecule has 0 aliphatic carbocycles. The predicted molar refractivity (Wildman–Crippen MR) is 112 cm³/mol. The molecule has 2 aliphatic heterocycles. The van der Waals surface area contributed by atoms with Gasteiger partial charge in [0.25, 0.3) is 16.1 Å². The zero-order valence-corrected chi connectivity index (χ0v) is 18.6. The Morgan fingerprint density at radius 2 is 1.62 bits per heavy atom. The number of carbonyl (C=O) groups is 1. The van der Waals surface area contributed by atoms with E-state index >= 15 is 0 Å². The Balaban J connectivity index is 1.52. The van der Waals surface area contributed by atoms with E-state index in [1.165, 1.54) is 8.61 Å². The highest BCUT2D eigenvalue weighted by atomic mass is 32.2. The molecule has 0 aromatic heterocycles. The first-order valence-corrected chi connectivity index (χ1v) is 11.5. The fraction of sp³-hybridized carbons (Fsp3) is 0.650. The number of piperidine rings is 1. The van der Waals surface area contributed by atoms with Crippen molar-refractivity contribution in [2.75, 3.05) is 54.4 Å². The third kappa shape index (κ3) is 5.09. The molecule has 2 saturated heterocycles. The summed E-state index contributed by atoms with van der Waals surface area (Å²) in [5.74, 6) is 0.770. The zero-order valence-electron chi connectivity index (χ0n) is 17.7. The van der Waals surface area contributed by atoms with Gasteiger partial charge in [0.2, 0.25) is 0 Å². The van der Waals surface area contributed by atoms with Crippen LogP contribution in [0.25, 0.3) is 0 Å². The quantitative estimate of drug-likeness (QED) is 0.684. The molecule has 3 rings (SSSR count). The minimum absolute atomic E-state index is 0.0235. The second-order valence-electron chi connectivity index (χ2n) is 8.19. The van der Waals surface area contributed by atoms with Crippen molar-refractivity contribution >= 4 is 16.1 Å². The van der Waals surface area contributed by atoms with Crippen molar-refractivity contribution in [3.63, 3.8) is 0 Å². The van der Waals surface area contributed by atoms with E-state index in [0.717, 1.165) is 19.5 Å². The van der Waals surface area contributed by atoms with Crippen LogP contribution in [0.4, 0.5) is 0 Å². The van der Waals surface area contributed by atoms with Crippen molar-refractivity contribution < 1.29 is 17.9 Å². The Kier molecular flexibility index (Phi) is 6.83. The number of benzene rings is 1. The number of carbonyl (C=O) groups excluding carboxylic acids is 1. The molecule has 8 nitrogen and oxygen atoms in total. The second-order valence-corrected chi connectivity index (χ2v) is 10.3. The first kappa shape index (κ1) is 22.0. The topological polar surface area (TPSA) is 73.4 Å². The third-order valence-corrected chi connectivity index (χ3v) is 7.71. The van der Waals surface area contributed by atoms with E-state index in [1.54, 1.807) is 14.1 Å². The van der Waals surface area contributed by atoms with Gasteiger partial charge in [-0.25, -0.2) is 0 Å². The molecule has 2 aliphatic rings. The molecule has 1 aromatic rings. The maximum atomic E-state index is 12.7. The molecule has 29 heavy (non-hydrogen) atoms.